The summed E-state index contributed by atoms with van der Waals surface area (Å²) < 4.78 is 5.63. The first-order chi connectivity index (χ1) is 11.4. The van der Waals surface area contributed by atoms with E-state index >= 15 is 0 Å². The van der Waals surface area contributed by atoms with E-state index in [0.29, 0.717) is 12.2 Å². The topological polar surface area (TPSA) is 81.4 Å². The highest BCUT2D eigenvalue weighted by Crippen LogP contribution is 2.21. The Hall–Kier alpha value is -2.82. The molecule has 5 nitrogen and oxygen atoms in total. The molecule has 126 valence electrons. The van der Waals surface area contributed by atoms with Crippen LogP contribution in [0.5, 0.6) is 5.75 Å². The largest absolute Gasteiger partial charge is 0.483 e. The van der Waals surface area contributed by atoms with Crippen molar-refractivity contribution in [3.8, 4) is 5.75 Å². The number of hydrogen-bond donors (Lipinski definition) is 2. The van der Waals surface area contributed by atoms with Crippen molar-refractivity contribution in [3.63, 3.8) is 0 Å². The Bertz CT molecular complexity index is 712. The SMILES string of the molecule is CC(C)(NC(=O)COc1ccccc1Cc1ccccc1)C(N)=O. The molecule has 0 fully saturated rings. The van der Waals surface area contributed by atoms with E-state index in [-0.39, 0.29) is 6.61 Å². The fourth-order valence-corrected chi connectivity index (χ4v) is 2.20. The van der Waals surface area contributed by atoms with E-state index in [1.807, 2.05) is 54.6 Å². The highest BCUT2D eigenvalue weighted by Gasteiger charge is 2.26. The molecule has 2 rings (SSSR count). The van der Waals surface area contributed by atoms with Crippen LogP contribution in [0, 0.1) is 0 Å². The Labute approximate surface area is 141 Å². The van der Waals surface area contributed by atoms with Gasteiger partial charge in [0.2, 0.25) is 5.91 Å². The number of benzene rings is 2. The fourth-order valence-electron chi connectivity index (χ4n) is 2.20. The Morgan fingerprint density at radius 1 is 1.04 bits per heavy atom. The second-order valence-electron chi connectivity index (χ2n) is 6.10. The third-order valence-electron chi connectivity index (χ3n) is 3.64. The molecule has 0 heterocycles. The molecule has 24 heavy (non-hydrogen) atoms. The average molecular weight is 326 g/mol. The summed E-state index contributed by atoms with van der Waals surface area (Å²) in [6.07, 6.45) is 0.714. The molecule has 3 N–H and O–H groups in total. The summed E-state index contributed by atoms with van der Waals surface area (Å²) in [5.74, 6) is -0.345. The zero-order valence-electron chi connectivity index (χ0n) is 13.9. The van der Waals surface area contributed by atoms with E-state index in [0.717, 1.165) is 11.1 Å². The first-order valence-electron chi connectivity index (χ1n) is 7.74. The normalized spacial score (nSPS) is 10.9. The second kappa shape index (κ2) is 7.64. The van der Waals surface area contributed by atoms with Crippen LogP contribution in [0.15, 0.2) is 54.6 Å². The molecule has 2 amide bonds. The third-order valence-corrected chi connectivity index (χ3v) is 3.64. The maximum atomic E-state index is 12.0. The molecule has 5 heteroatoms. The molecule has 2 aromatic carbocycles. The highest BCUT2D eigenvalue weighted by atomic mass is 16.5. The lowest BCUT2D eigenvalue weighted by molar-refractivity contribution is -0.131. The summed E-state index contributed by atoms with van der Waals surface area (Å²) in [4.78, 5) is 23.2. The first kappa shape index (κ1) is 17.5. The summed E-state index contributed by atoms with van der Waals surface area (Å²) >= 11 is 0. The number of ether oxygens (including phenoxy) is 1. The summed E-state index contributed by atoms with van der Waals surface area (Å²) in [6.45, 7) is 2.93. The average Bonchev–Trinajstić information content (AvgIpc) is 2.54. The van der Waals surface area contributed by atoms with Gasteiger partial charge in [0.15, 0.2) is 6.61 Å². The van der Waals surface area contributed by atoms with Gasteiger partial charge in [0, 0.05) is 6.42 Å². The Balaban J connectivity index is 2.00. The molecule has 0 unspecified atom stereocenters. The van der Waals surface area contributed by atoms with E-state index < -0.39 is 17.4 Å². The summed E-state index contributed by atoms with van der Waals surface area (Å²) in [6, 6.07) is 17.6. The van der Waals surface area contributed by atoms with Gasteiger partial charge in [-0.05, 0) is 31.0 Å². The first-order valence-corrected chi connectivity index (χ1v) is 7.74. The van der Waals surface area contributed by atoms with Gasteiger partial charge >= 0.3 is 0 Å². The number of para-hydroxylation sites is 1. The molecule has 0 aliphatic rings. The number of nitrogens with two attached hydrogens (primary N) is 1. The van der Waals surface area contributed by atoms with Crippen LogP contribution in [0.1, 0.15) is 25.0 Å². The van der Waals surface area contributed by atoms with Crippen LogP contribution in [-0.2, 0) is 16.0 Å². The number of amides is 2. The van der Waals surface area contributed by atoms with Crippen LogP contribution in [0.4, 0.5) is 0 Å². The summed E-state index contributed by atoms with van der Waals surface area (Å²) in [5, 5.41) is 2.56. The molecule has 2 aromatic rings. The quantitative estimate of drug-likeness (QED) is 0.817. The van der Waals surface area contributed by atoms with Crippen molar-refractivity contribution < 1.29 is 14.3 Å². The van der Waals surface area contributed by atoms with Crippen LogP contribution in [0.25, 0.3) is 0 Å². The van der Waals surface area contributed by atoms with E-state index in [1.54, 1.807) is 13.8 Å². The molecule has 0 atom stereocenters. The zero-order valence-corrected chi connectivity index (χ0v) is 13.9. The number of hydrogen-bond acceptors (Lipinski definition) is 3. The molecule has 0 saturated heterocycles. The molecular formula is C19H22N2O3. The number of rotatable bonds is 7. The van der Waals surface area contributed by atoms with Crippen molar-refractivity contribution in [1.29, 1.82) is 0 Å². The van der Waals surface area contributed by atoms with Crippen molar-refractivity contribution in [2.45, 2.75) is 25.8 Å². The van der Waals surface area contributed by atoms with Gasteiger partial charge in [-0.15, -0.1) is 0 Å². The van der Waals surface area contributed by atoms with Crippen LogP contribution in [0.2, 0.25) is 0 Å². The number of carbonyl (C=O) groups is 2. The minimum atomic E-state index is -1.11. The molecule has 0 aliphatic heterocycles. The molecule has 0 saturated carbocycles. The van der Waals surface area contributed by atoms with Crippen molar-refractivity contribution in [2.24, 2.45) is 5.73 Å². The van der Waals surface area contributed by atoms with Gasteiger partial charge in [-0.1, -0.05) is 48.5 Å². The predicted octanol–water partition coefficient (Wildman–Crippen LogP) is 2.04. The number of nitrogens with one attached hydrogen (secondary N) is 1. The monoisotopic (exact) mass is 326 g/mol. The molecule has 0 bridgehead atoms. The van der Waals surface area contributed by atoms with E-state index in [9.17, 15) is 9.59 Å². The Kier molecular flexibility index (Phi) is 5.58. The van der Waals surface area contributed by atoms with Crippen LogP contribution in [-0.4, -0.2) is 24.0 Å². The fraction of sp³-hybridized carbons (Fsp3) is 0.263. The standard InChI is InChI=1S/C19H22N2O3/c1-19(2,18(20)23)21-17(22)13-24-16-11-7-6-10-15(16)12-14-8-4-3-5-9-14/h3-11H,12-13H2,1-2H3,(H2,20,23)(H,21,22). The van der Waals surface area contributed by atoms with E-state index in [1.165, 1.54) is 0 Å². The van der Waals surface area contributed by atoms with Gasteiger partial charge in [-0.2, -0.15) is 0 Å². The minimum Gasteiger partial charge on any atom is -0.483 e. The molecule has 0 aliphatic carbocycles. The van der Waals surface area contributed by atoms with Gasteiger partial charge in [0.1, 0.15) is 11.3 Å². The lowest BCUT2D eigenvalue weighted by Gasteiger charge is -2.22. The lowest BCUT2D eigenvalue weighted by atomic mass is 10.0. The zero-order chi connectivity index (χ0) is 17.6. The predicted molar refractivity (Wildman–Crippen MR) is 92.6 cm³/mol. The molecule has 0 spiro atoms. The smallest absolute Gasteiger partial charge is 0.258 e. The van der Waals surface area contributed by atoms with Gasteiger partial charge in [0.05, 0.1) is 0 Å². The van der Waals surface area contributed by atoms with Gasteiger partial charge in [-0.25, -0.2) is 0 Å². The van der Waals surface area contributed by atoms with Crippen molar-refractivity contribution >= 4 is 11.8 Å². The van der Waals surface area contributed by atoms with Gasteiger partial charge in [0.25, 0.3) is 5.91 Å². The molecule has 0 radical (unpaired) electrons. The van der Waals surface area contributed by atoms with Crippen LogP contribution < -0.4 is 15.8 Å². The highest BCUT2D eigenvalue weighted by molar-refractivity contribution is 5.90. The van der Waals surface area contributed by atoms with Crippen molar-refractivity contribution in [2.75, 3.05) is 6.61 Å². The lowest BCUT2D eigenvalue weighted by Crippen LogP contribution is -2.54. The Morgan fingerprint density at radius 3 is 2.33 bits per heavy atom. The van der Waals surface area contributed by atoms with Crippen molar-refractivity contribution in [1.82, 2.24) is 5.32 Å². The summed E-state index contributed by atoms with van der Waals surface area (Å²) in [5.41, 5.74) is 6.29. The van der Waals surface area contributed by atoms with Gasteiger partial charge in [-0.3, -0.25) is 9.59 Å². The number of primary amides is 1. The maximum absolute atomic E-state index is 12.0. The van der Waals surface area contributed by atoms with E-state index in [4.69, 9.17) is 10.5 Å². The van der Waals surface area contributed by atoms with Crippen LogP contribution in [0.3, 0.4) is 0 Å². The number of carbonyl (C=O) groups excluding carboxylic acids is 2. The Morgan fingerprint density at radius 2 is 1.67 bits per heavy atom. The maximum Gasteiger partial charge on any atom is 0.258 e. The minimum absolute atomic E-state index is 0.178. The summed E-state index contributed by atoms with van der Waals surface area (Å²) in [7, 11) is 0. The van der Waals surface area contributed by atoms with E-state index in [2.05, 4.69) is 5.32 Å². The van der Waals surface area contributed by atoms with Gasteiger partial charge < -0.3 is 15.8 Å². The van der Waals surface area contributed by atoms with Crippen LogP contribution >= 0.6 is 0 Å². The molecular weight excluding hydrogens is 304 g/mol. The molecule has 0 aromatic heterocycles. The third kappa shape index (κ3) is 4.84. The second-order valence-corrected chi connectivity index (χ2v) is 6.10. The van der Waals surface area contributed by atoms with Crippen molar-refractivity contribution in [3.05, 3.63) is 65.7 Å².